The average molecular weight is 283 g/mol. The van der Waals surface area contributed by atoms with Gasteiger partial charge in [0.15, 0.2) is 0 Å². The molecule has 0 spiro atoms. The van der Waals surface area contributed by atoms with E-state index in [4.69, 9.17) is 0 Å². The zero-order chi connectivity index (χ0) is 15.5. The second kappa shape index (κ2) is 11.6. The van der Waals surface area contributed by atoms with Crippen LogP contribution in [0, 0.1) is 29.6 Å². The predicted molar refractivity (Wildman–Crippen MR) is 94.1 cm³/mol. The van der Waals surface area contributed by atoms with Crippen molar-refractivity contribution in [1.29, 1.82) is 0 Å². The Morgan fingerprint density at radius 3 is 1.60 bits per heavy atom. The van der Waals surface area contributed by atoms with E-state index in [1.54, 1.807) is 0 Å². The van der Waals surface area contributed by atoms with E-state index >= 15 is 0 Å². The Balaban J connectivity index is 3.89. The van der Waals surface area contributed by atoms with Gasteiger partial charge in [-0.15, -0.1) is 0 Å². The number of unbranched alkanes of at least 4 members (excludes halogenated alkanes) is 3. The lowest BCUT2D eigenvalue weighted by molar-refractivity contribution is 0.175. The molecule has 122 valence electrons. The van der Waals surface area contributed by atoms with Crippen LogP contribution >= 0.6 is 0 Å². The monoisotopic (exact) mass is 282 g/mol. The van der Waals surface area contributed by atoms with Crippen molar-refractivity contribution in [2.24, 2.45) is 29.6 Å². The third-order valence-electron chi connectivity index (χ3n) is 5.61. The van der Waals surface area contributed by atoms with Crippen molar-refractivity contribution in [3.8, 4) is 0 Å². The van der Waals surface area contributed by atoms with Crippen molar-refractivity contribution < 1.29 is 0 Å². The quantitative estimate of drug-likeness (QED) is 0.329. The summed E-state index contributed by atoms with van der Waals surface area (Å²) < 4.78 is 0. The van der Waals surface area contributed by atoms with Gasteiger partial charge in [0.2, 0.25) is 0 Å². The predicted octanol–water partition coefficient (Wildman–Crippen LogP) is 7.33. The van der Waals surface area contributed by atoms with Crippen LogP contribution in [0.15, 0.2) is 0 Å². The Morgan fingerprint density at radius 2 is 1.15 bits per heavy atom. The average Bonchev–Trinajstić information content (AvgIpc) is 2.41. The second-order valence-electron chi connectivity index (χ2n) is 7.68. The molecule has 0 aliphatic heterocycles. The fourth-order valence-corrected chi connectivity index (χ4v) is 3.67. The van der Waals surface area contributed by atoms with Crippen LogP contribution in [0.25, 0.3) is 0 Å². The van der Waals surface area contributed by atoms with Crippen LogP contribution in [0.2, 0.25) is 0 Å². The standard InChI is InChI=1S/C20H42/c1-8-17(5)19(7)20(9-2)18(6)15-13-11-10-12-14-16(3)4/h16-20H,8-15H2,1-7H3. The molecule has 0 saturated heterocycles. The summed E-state index contributed by atoms with van der Waals surface area (Å²) >= 11 is 0. The first-order valence-electron chi connectivity index (χ1n) is 9.43. The lowest BCUT2D eigenvalue weighted by Gasteiger charge is -2.32. The maximum atomic E-state index is 2.50. The summed E-state index contributed by atoms with van der Waals surface area (Å²) in [5.41, 5.74) is 0. The largest absolute Gasteiger partial charge is 0.0651 e. The van der Waals surface area contributed by atoms with Gasteiger partial charge in [0.05, 0.1) is 0 Å². The van der Waals surface area contributed by atoms with Gasteiger partial charge < -0.3 is 0 Å². The van der Waals surface area contributed by atoms with Crippen molar-refractivity contribution in [2.75, 3.05) is 0 Å². The molecule has 0 aromatic rings. The van der Waals surface area contributed by atoms with E-state index in [9.17, 15) is 0 Å². The summed E-state index contributed by atoms with van der Waals surface area (Å²) in [4.78, 5) is 0. The van der Waals surface area contributed by atoms with Gasteiger partial charge >= 0.3 is 0 Å². The minimum Gasteiger partial charge on any atom is -0.0651 e. The first-order valence-corrected chi connectivity index (χ1v) is 9.43. The van der Waals surface area contributed by atoms with Gasteiger partial charge in [0.25, 0.3) is 0 Å². The highest BCUT2D eigenvalue weighted by atomic mass is 14.3. The van der Waals surface area contributed by atoms with Crippen molar-refractivity contribution in [1.82, 2.24) is 0 Å². The van der Waals surface area contributed by atoms with Crippen LogP contribution in [0.1, 0.15) is 99.8 Å². The molecule has 4 atom stereocenters. The van der Waals surface area contributed by atoms with Gasteiger partial charge in [-0.25, -0.2) is 0 Å². The van der Waals surface area contributed by atoms with E-state index in [1.807, 2.05) is 0 Å². The fraction of sp³-hybridized carbons (Fsp3) is 1.00. The Morgan fingerprint density at radius 1 is 0.600 bits per heavy atom. The van der Waals surface area contributed by atoms with Crippen molar-refractivity contribution in [2.45, 2.75) is 99.8 Å². The number of hydrogen-bond donors (Lipinski definition) is 0. The van der Waals surface area contributed by atoms with Crippen LogP contribution in [-0.4, -0.2) is 0 Å². The molecule has 0 heterocycles. The molecule has 0 aromatic carbocycles. The SMILES string of the molecule is CCC(C)C(C)C(CC)C(C)CCCCCCC(C)C. The third-order valence-corrected chi connectivity index (χ3v) is 5.61. The first kappa shape index (κ1) is 20.0. The van der Waals surface area contributed by atoms with Gasteiger partial charge in [0, 0.05) is 0 Å². The topological polar surface area (TPSA) is 0 Å². The smallest absolute Gasteiger partial charge is 0.0363 e. The minimum atomic E-state index is 0.883. The Bertz CT molecular complexity index is 206. The molecule has 0 aliphatic rings. The maximum Gasteiger partial charge on any atom is -0.0363 e. The molecule has 0 N–H and O–H groups in total. The van der Waals surface area contributed by atoms with Gasteiger partial charge in [-0.1, -0.05) is 99.8 Å². The van der Waals surface area contributed by atoms with E-state index in [1.165, 1.54) is 51.4 Å². The number of rotatable bonds is 12. The molecule has 0 radical (unpaired) electrons. The highest BCUT2D eigenvalue weighted by molar-refractivity contribution is 4.74. The molecule has 0 nitrogen and oxygen atoms in total. The molecule has 0 amide bonds. The molecule has 0 aliphatic carbocycles. The molecule has 0 aromatic heterocycles. The molecule has 0 fully saturated rings. The number of hydrogen-bond acceptors (Lipinski definition) is 0. The molecule has 0 heteroatoms. The Hall–Kier alpha value is 0. The summed E-state index contributed by atoms with van der Waals surface area (Å²) in [7, 11) is 0. The van der Waals surface area contributed by atoms with Crippen molar-refractivity contribution >= 4 is 0 Å². The van der Waals surface area contributed by atoms with Gasteiger partial charge in [0.1, 0.15) is 0 Å². The van der Waals surface area contributed by atoms with E-state index in [-0.39, 0.29) is 0 Å². The second-order valence-corrected chi connectivity index (χ2v) is 7.68. The molecule has 0 bridgehead atoms. The minimum absolute atomic E-state index is 0.883. The zero-order valence-corrected chi connectivity index (χ0v) is 15.5. The van der Waals surface area contributed by atoms with Crippen molar-refractivity contribution in [3.05, 3.63) is 0 Å². The normalized spacial score (nSPS) is 18.0. The van der Waals surface area contributed by atoms with Gasteiger partial charge in [-0.2, -0.15) is 0 Å². The van der Waals surface area contributed by atoms with Crippen molar-refractivity contribution in [3.63, 3.8) is 0 Å². The summed E-state index contributed by atoms with van der Waals surface area (Å²) in [5.74, 6) is 4.50. The first-order chi connectivity index (χ1) is 9.43. The van der Waals surface area contributed by atoms with Crippen LogP contribution in [0.5, 0.6) is 0 Å². The molecule has 0 rings (SSSR count). The van der Waals surface area contributed by atoms with Gasteiger partial charge in [-0.05, 0) is 29.6 Å². The van der Waals surface area contributed by atoms with E-state index in [0.29, 0.717) is 0 Å². The summed E-state index contributed by atoms with van der Waals surface area (Å²) in [6, 6.07) is 0. The molecule has 0 saturated carbocycles. The highest BCUT2D eigenvalue weighted by Gasteiger charge is 2.24. The van der Waals surface area contributed by atoms with Crippen LogP contribution < -0.4 is 0 Å². The Labute approximate surface area is 130 Å². The summed E-state index contributed by atoms with van der Waals surface area (Å²) in [6.07, 6.45) is 11.3. The van der Waals surface area contributed by atoms with Crippen LogP contribution in [-0.2, 0) is 0 Å². The molecular formula is C20H42. The zero-order valence-electron chi connectivity index (χ0n) is 15.5. The van der Waals surface area contributed by atoms with Gasteiger partial charge in [-0.3, -0.25) is 0 Å². The molecule has 4 unspecified atom stereocenters. The maximum absolute atomic E-state index is 2.50. The lowest BCUT2D eigenvalue weighted by atomic mass is 9.73. The summed E-state index contributed by atoms with van der Waals surface area (Å²) in [6.45, 7) is 16.8. The molecule has 20 heavy (non-hydrogen) atoms. The fourth-order valence-electron chi connectivity index (χ4n) is 3.67. The van der Waals surface area contributed by atoms with E-state index in [2.05, 4.69) is 48.5 Å². The Kier molecular flexibility index (Phi) is 11.6. The molecular weight excluding hydrogens is 240 g/mol. The summed E-state index contributed by atoms with van der Waals surface area (Å²) in [5, 5.41) is 0. The van der Waals surface area contributed by atoms with Crippen LogP contribution in [0.3, 0.4) is 0 Å². The van der Waals surface area contributed by atoms with Crippen LogP contribution in [0.4, 0.5) is 0 Å². The van der Waals surface area contributed by atoms with E-state index in [0.717, 1.165) is 29.6 Å². The van der Waals surface area contributed by atoms with E-state index < -0.39 is 0 Å². The highest BCUT2D eigenvalue weighted by Crippen LogP contribution is 2.33. The lowest BCUT2D eigenvalue weighted by Crippen LogP contribution is -2.24. The third kappa shape index (κ3) is 8.32.